The molecule has 0 aliphatic carbocycles. The third kappa shape index (κ3) is 2.91. The summed E-state index contributed by atoms with van der Waals surface area (Å²) in [7, 11) is 0. The lowest BCUT2D eigenvalue weighted by Gasteiger charge is -2.16. The van der Waals surface area contributed by atoms with E-state index in [1.54, 1.807) is 12.1 Å². The van der Waals surface area contributed by atoms with E-state index in [9.17, 15) is 9.65 Å². The molecule has 0 fully saturated rings. The van der Waals surface area contributed by atoms with Crippen LogP contribution in [0.2, 0.25) is 0 Å². The van der Waals surface area contributed by atoms with Crippen LogP contribution >= 0.6 is 15.9 Å². The molecule has 2 rings (SSSR count). The summed E-state index contributed by atoms with van der Waals surface area (Å²) in [4.78, 5) is 4.22. The van der Waals surface area contributed by atoms with E-state index in [0.717, 1.165) is 24.1 Å². The molecule has 0 spiro atoms. The molecule has 5 heteroatoms. The Kier molecular flexibility index (Phi) is 4.59. The van der Waals surface area contributed by atoms with Crippen LogP contribution in [0.15, 0.2) is 22.7 Å². The zero-order valence-electron chi connectivity index (χ0n) is 11.9. The number of anilines is 1. The smallest absolute Gasteiger partial charge is 0.142 e. The maximum absolute atomic E-state index is 14.3. The minimum atomic E-state index is -0.386. The monoisotopic (exact) mass is 347 g/mol. The lowest BCUT2D eigenvalue weighted by atomic mass is 9.91. The largest absolute Gasteiger partial charge is 0.383 e. The minimum absolute atomic E-state index is 0.146. The number of halogens is 2. The van der Waals surface area contributed by atoms with Crippen molar-refractivity contribution in [1.29, 1.82) is 5.26 Å². The Morgan fingerprint density at radius 1 is 1.43 bits per heavy atom. The number of nitrogen functional groups attached to an aromatic ring is 1. The van der Waals surface area contributed by atoms with Gasteiger partial charge in [-0.2, -0.15) is 5.26 Å². The number of nitriles is 1. The molecule has 0 atom stereocenters. The van der Waals surface area contributed by atoms with Crippen LogP contribution in [0.1, 0.15) is 30.2 Å². The molecule has 2 N–H and O–H groups in total. The second kappa shape index (κ2) is 6.23. The van der Waals surface area contributed by atoms with Crippen molar-refractivity contribution in [2.45, 2.75) is 26.7 Å². The Hall–Kier alpha value is -1.93. The molecular formula is C16H15BrFN3. The highest BCUT2D eigenvalue weighted by Gasteiger charge is 2.20. The van der Waals surface area contributed by atoms with Gasteiger partial charge in [-0.15, -0.1) is 0 Å². The number of pyridine rings is 1. The lowest BCUT2D eigenvalue weighted by molar-refractivity contribution is 0.630. The standard InChI is InChI=1S/C16H15BrFN3/c1-3-4-11-9(2)21-16(20)13(8-19)15(11)12-6-5-10(17)7-14(12)18/h5-7H,3-4H2,1-2H3,(H2,20,21). The fourth-order valence-corrected chi connectivity index (χ4v) is 2.76. The number of hydrogen-bond acceptors (Lipinski definition) is 3. The van der Waals surface area contributed by atoms with Gasteiger partial charge in [0.2, 0.25) is 0 Å². The number of aryl methyl sites for hydroxylation is 1. The number of nitrogens with two attached hydrogens (primary N) is 1. The second-order valence-electron chi connectivity index (χ2n) is 4.80. The summed E-state index contributed by atoms with van der Waals surface area (Å²) in [6.07, 6.45) is 1.60. The van der Waals surface area contributed by atoms with Crippen molar-refractivity contribution < 1.29 is 4.39 Å². The zero-order valence-corrected chi connectivity index (χ0v) is 13.5. The molecule has 3 nitrogen and oxygen atoms in total. The van der Waals surface area contributed by atoms with E-state index in [4.69, 9.17) is 5.73 Å². The molecule has 21 heavy (non-hydrogen) atoms. The first-order valence-corrected chi connectivity index (χ1v) is 7.43. The average molecular weight is 348 g/mol. The summed E-state index contributed by atoms with van der Waals surface area (Å²) >= 11 is 3.24. The van der Waals surface area contributed by atoms with E-state index in [1.165, 1.54) is 6.07 Å². The first-order chi connectivity index (χ1) is 9.99. The van der Waals surface area contributed by atoms with Crippen LogP contribution in [-0.2, 0) is 6.42 Å². The van der Waals surface area contributed by atoms with Gasteiger partial charge in [0, 0.05) is 21.3 Å². The quantitative estimate of drug-likeness (QED) is 0.896. The molecule has 1 aromatic carbocycles. The molecule has 0 bridgehead atoms. The summed E-state index contributed by atoms with van der Waals surface area (Å²) in [5.41, 5.74) is 8.66. The molecule has 2 aromatic rings. The van der Waals surface area contributed by atoms with Crippen molar-refractivity contribution in [1.82, 2.24) is 4.98 Å². The van der Waals surface area contributed by atoms with Crippen molar-refractivity contribution >= 4 is 21.7 Å². The highest BCUT2D eigenvalue weighted by molar-refractivity contribution is 9.10. The number of hydrogen-bond donors (Lipinski definition) is 1. The summed E-state index contributed by atoms with van der Waals surface area (Å²) in [5, 5.41) is 9.39. The first kappa shape index (κ1) is 15.5. The van der Waals surface area contributed by atoms with Crippen molar-refractivity contribution in [2.75, 3.05) is 5.73 Å². The van der Waals surface area contributed by atoms with Crippen molar-refractivity contribution in [3.63, 3.8) is 0 Å². The molecular weight excluding hydrogens is 333 g/mol. The van der Waals surface area contributed by atoms with Crippen LogP contribution in [0.3, 0.4) is 0 Å². The average Bonchev–Trinajstić information content (AvgIpc) is 2.42. The van der Waals surface area contributed by atoms with Crippen LogP contribution in [0.5, 0.6) is 0 Å². The van der Waals surface area contributed by atoms with E-state index < -0.39 is 0 Å². The molecule has 0 saturated carbocycles. The van der Waals surface area contributed by atoms with Crippen LogP contribution in [0.4, 0.5) is 10.2 Å². The molecule has 0 unspecified atom stereocenters. The fraction of sp³-hybridized carbons (Fsp3) is 0.250. The zero-order chi connectivity index (χ0) is 15.6. The van der Waals surface area contributed by atoms with E-state index in [-0.39, 0.29) is 17.2 Å². The van der Waals surface area contributed by atoms with E-state index in [0.29, 0.717) is 15.6 Å². The number of benzene rings is 1. The SMILES string of the molecule is CCCc1c(C)nc(N)c(C#N)c1-c1ccc(Br)cc1F. The summed E-state index contributed by atoms with van der Waals surface area (Å²) in [6, 6.07) is 6.86. The Bertz CT molecular complexity index is 735. The highest BCUT2D eigenvalue weighted by atomic mass is 79.9. The van der Waals surface area contributed by atoms with Crippen LogP contribution in [0, 0.1) is 24.1 Å². The first-order valence-electron chi connectivity index (χ1n) is 6.64. The van der Waals surface area contributed by atoms with Crippen molar-refractivity contribution in [3.8, 4) is 17.2 Å². The van der Waals surface area contributed by atoms with Gasteiger partial charge in [0.15, 0.2) is 0 Å². The van der Waals surface area contributed by atoms with Gasteiger partial charge in [-0.25, -0.2) is 9.37 Å². The number of rotatable bonds is 3. The van der Waals surface area contributed by atoms with Gasteiger partial charge < -0.3 is 5.73 Å². The third-order valence-electron chi connectivity index (χ3n) is 3.35. The highest BCUT2D eigenvalue weighted by Crippen LogP contribution is 2.35. The van der Waals surface area contributed by atoms with Gasteiger partial charge in [0.05, 0.1) is 0 Å². The van der Waals surface area contributed by atoms with Gasteiger partial charge in [-0.05, 0) is 31.0 Å². The minimum Gasteiger partial charge on any atom is -0.383 e. The second-order valence-corrected chi connectivity index (χ2v) is 5.71. The van der Waals surface area contributed by atoms with Crippen LogP contribution < -0.4 is 5.73 Å². The Morgan fingerprint density at radius 2 is 2.14 bits per heavy atom. The molecule has 0 radical (unpaired) electrons. The van der Waals surface area contributed by atoms with E-state index in [2.05, 4.69) is 27.0 Å². The third-order valence-corrected chi connectivity index (χ3v) is 3.84. The van der Waals surface area contributed by atoms with E-state index >= 15 is 0 Å². The van der Waals surface area contributed by atoms with Gasteiger partial charge in [0.25, 0.3) is 0 Å². The predicted octanol–water partition coefficient (Wildman–Crippen LogP) is 4.37. The molecule has 0 aliphatic rings. The Balaban J connectivity index is 2.85. The number of aromatic nitrogens is 1. The topological polar surface area (TPSA) is 62.7 Å². The fourth-order valence-electron chi connectivity index (χ4n) is 2.42. The Morgan fingerprint density at radius 3 is 2.71 bits per heavy atom. The van der Waals surface area contributed by atoms with Crippen LogP contribution in [0.25, 0.3) is 11.1 Å². The molecule has 0 aliphatic heterocycles. The maximum Gasteiger partial charge on any atom is 0.142 e. The Labute approximate surface area is 131 Å². The lowest BCUT2D eigenvalue weighted by Crippen LogP contribution is -2.06. The van der Waals surface area contributed by atoms with Crippen molar-refractivity contribution in [3.05, 3.63) is 45.3 Å². The van der Waals surface area contributed by atoms with Gasteiger partial charge in [-0.3, -0.25) is 0 Å². The normalized spacial score (nSPS) is 10.4. The molecule has 0 saturated heterocycles. The van der Waals surface area contributed by atoms with Gasteiger partial charge in [0.1, 0.15) is 23.3 Å². The number of nitrogens with zero attached hydrogens (tertiary/aromatic N) is 2. The van der Waals surface area contributed by atoms with E-state index in [1.807, 2.05) is 13.8 Å². The molecule has 0 amide bonds. The maximum atomic E-state index is 14.3. The van der Waals surface area contributed by atoms with Crippen molar-refractivity contribution in [2.24, 2.45) is 0 Å². The molecule has 1 heterocycles. The summed E-state index contributed by atoms with van der Waals surface area (Å²) in [5.74, 6) is -0.240. The molecule has 108 valence electrons. The predicted molar refractivity (Wildman–Crippen MR) is 85.2 cm³/mol. The van der Waals surface area contributed by atoms with Gasteiger partial charge >= 0.3 is 0 Å². The van der Waals surface area contributed by atoms with Gasteiger partial charge in [-0.1, -0.05) is 35.3 Å². The molecule has 1 aromatic heterocycles. The van der Waals surface area contributed by atoms with Crippen LogP contribution in [-0.4, -0.2) is 4.98 Å². The summed E-state index contributed by atoms with van der Waals surface area (Å²) < 4.78 is 15.0. The summed E-state index contributed by atoms with van der Waals surface area (Å²) in [6.45, 7) is 3.87.